The average molecular weight is 430 g/mol. The number of hydrogen-bond donors (Lipinski definition) is 0. The lowest BCUT2D eigenvalue weighted by Gasteiger charge is -1.98. The molecule has 2 aromatic carbocycles. The van der Waals surface area contributed by atoms with Crippen molar-refractivity contribution in [3.05, 3.63) is 44.4 Å². The van der Waals surface area contributed by atoms with E-state index in [9.17, 15) is 0 Å². The predicted octanol–water partition coefficient (Wildman–Crippen LogP) is 4.87. The maximum absolute atomic E-state index is 5.82. The molecule has 0 N–H and O–H groups in total. The summed E-state index contributed by atoms with van der Waals surface area (Å²) >= 11 is 5.74. The van der Waals surface area contributed by atoms with Crippen LogP contribution in [0.25, 0.3) is 22.6 Å². The molecule has 0 aliphatic heterocycles. The van der Waals surface area contributed by atoms with Crippen molar-refractivity contribution < 1.29 is 9.15 Å². The van der Waals surface area contributed by atoms with Crippen LogP contribution in [0.5, 0.6) is 5.75 Å². The first-order valence-electron chi connectivity index (χ1n) is 5.57. The Morgan fingerprint density at radius 3 is 2.84 bits per heavy atom. The van der Waals surface area contributed by atoms with E-state index in [0.29, 0.717) is 5.89 Å². The monoisotopic (exact) mass is 429 g/mol. The second-order valence-electron chi connectivity index (χ2n) is 3.99. The molecule has 0 aliphatic carbocycles. The van der Waals surface area contributed by atoms with Crippen LogP contribution in [-0.2, 0) is 0 Å². The molecular formula is C14H9BrINO2. The largest absolute Gasteiger partial charge is 0.497 e. The molecule has 0 amide bonds. The SMILES string of the molecule is COc1cc(Br)c2oc(-c3cccc(I)c3)nc2c1. The molecule has 96 valence electrons. The normalized spacial score (nSPS) is 10.9. The molecule has 0 atom stereocenters. The standard InChI is InChI=1S/C14H9BrINO2/c1-18-10-6-11(15)13-12(7-10)17-14(19-13)8-3-2-4-9(16)5-8/h2-7H,1H3. The molecular weight excluding hydrogens is 421 g/mol. The highest BCUT2D eigenvalue weighted by Gasteiger charge is 2.12. The second kappa shape index (κ2) is 5.13. The molecule has 3 nitrogen and oxygen atoms in total. The lowest BCUT2D eigenvalue weighted by molar-refractivity contribution is 0.415. The number of ether oxygens (including phenoxy) is 1. The zero-order valence-corrected chi connectivity index (χ0v) is 13.7. The van der Waals surface area contributed by atoms with Crippen LogP contribution in [0.1, 0.15) is 0 Å². The van der Waals surface area contributed by atoms with Crippen LogP contribution >= 0.6 is 38.5 Å². The van der Waals surface area contributed by atoms with Crippen LogP contribution in [0, 0.1) is 3.57 Å². The molecule has 1 heterocycles. The van der Waals surface area contributed by atoms with E-state index in [1.54, 1.807) is 7.11 Å². The van der Waals surface area contributed by atoms with Gasteiger partial charge in [0.15, 0.2) is 5.58 Å². The molecule has 0 saturated carbocycles. The second-order valence-corrected chi connectivity index (χ2v) is 6.09. The van der Waals surface area contributed by atoms with Crippen LogP contribution < -0.4 is 4.74 Å². The summed E-state index contributed by atoms with van der Waals surface area (Å²) in [6, 6.07) is 11.8. The van der Waals surface area contributed by atoms with Gasteiger partial charge >= 0.3 is 0 Å². The Labute approximate surface area is 132 Å². The lowest BCUT2D eigenvalue weighted by Crippen LogP contribution is -1.82. The molecule has 19 heavy (non-hydrogen) atoms. The number of benzene rings is 2. The van der Waals surface area contributed by atoms with Gasteiger partial charge in [0, 0.05) is 15.2 Å². The van der Waals surface area contributed by atoms with Gasteiger partial charge in [-0.2, -0.15) is 0 Å². The highest BCUT2D eigenvalue weighted by molar-refractivity contribution is 14.1. The fourth-order valence-corrected chi connectivity index (χ4v) is 2.88. The maximum atomic E-state index is 5.82. The Morgan fingerprint density at radius 2 is 2.11 bits per heavy atom. The Hall–Kier alpha value is -1.08. The number of methoxy groups -OCH3 is 1. The van der Waals surface area contributed by atoms with E-state index in [2.05, 4.69) is 43.5 Å². The van der Waals surface area contributed by atoms with Crippen LogP contribution in [0.15, 0.2) is 45.3 Å². The Bertz CT molecular complexity index is 754. The van der Waals surface area contributed by atoms with E-state index in [1.807, 2.05) is 36.4 Å². The molecule has 3 aromatic rings. The minimum absolute atomic E-state index is 0.613. The van der Waals surface area contributed by atoms with Crippen molar-refractivity contribution >= 4 is 49.6 Å². The van der Waals surface area contributed by atoms with Crippen LogP contribution in [0.2, 0.25) is 0 Å². The van der Waals surface area contributed by atoms with Crippen molar-refractivity contribution in [1.82, 2.24) is 4.98 Å². The lowest BCUT2D eigenvalue weighted by atomic mass is 10.2. The molecule has 0 aliphatic rings. The van der Waals surface area contributed by atoms with Gasteiger partial charge in [0.05, 0.1) is 11.6 Å². The van der Waals surface area contributed by atoms with Gasteiger partial charge in [-0.3, -0.25) is 0 Å². The van der Waals surface area contributed by atoms with E-state index in [-0.39, 0.29) is 0 Å². The van der Waals surface area contributed by atoms with E-state index < -0.39 is 0 Å². The molecule has 0 fully saturated rings. The minimum Gasteiger partial charge on any atom is -0.497 e. The van der Waals surface area contributed by atoms with Gasteiger partial charge < -0.3 is 9.15 Å². The number of halogens is 2. The zero-order chi connectivity index (χ0) is 13.4. The summed E-state index contributed by atoms with van der Waals surface area (Å²) in [5.41, 5.74) is 2.48. The van der Waals surface area contributed by atoms with Crippen molar-refractivity contribution in [1.29, 1.82) is 0 Å². The first-order chi connectivity index (χ1) is 9.17. The number of hydrogen-bond acceptors (Lipinski definition) is 3. The maximum Gasteiger partial charge on any atom is 0.227 e. The zero-order valence-electron chi connectivity index (χ0n) is 9.98. The number of oxazole rings is 1. The van der Waals surface area contributed by atoms with Crippen molar-refractivity contribution in [2.75, 3.05) is 7.11 Å². The van der Waals surface area contributed by atoms with Crippen molar-refractivity contribution in [3.8, 4) is 17.2 Å². The molecule has 3 rings (SSSR count). The van der Waals surface area contributed by atoms with Gasteiger partial charge in [-0.1, -0.05) is 6.07 Å². The summed E-state index contributed by atoms with van der Waals surface area (Å²) in [7, 11) is 1.63. The van der Waals surface area contributed by atoms with Gasteiger partial charge in [0.25, 0.3) is 0 Å². The third-order valence-corrected chi connectivity index (χ3v) is 3.99. The van der Waals surface area contributed by atoms with Crippen LogP contribution in [-0.4, -0.2) is 12.1 Å². The fraction of sp³-hybridized carbons (Fsp3) is 0.0714. The molecule has 5 heteroatoms. The summed E-state index contributed by atoms with van der Waals surface area (Å²) in [6.07, 6.45) is 0. The van der Waals surface area contributed by atoms with Gasteiger partial charge in [-0.05, 0) is 62.8 Å². The van der Waals surface area contributed by atoms with E-state index in [4.69, 9.17) is 9.15 Å². The van der Waals surface area contributed by atoms with Gasteiger partial charge in [0.1, 0.15) is 11.3 Å². The highest BCUT2D eigenvalue weighted by atomic mass is 127. The number of aromatic nitrogens is 1. The topological polar surface area (TPSA) is 35.3 Å². The molecule has 1 aromatic heterocycles. The molecule has 0 unspecified atom stereocenters. The summed E-state index contributed by atoms with van der Waals surface area (Å²) < 4.78 is 13.0. The quantitative estimate of drug-likeness (QED) is 0.545. The average Bonchev–Trinajstić information content (AvgIpc) is 2.83. The highest BCUT2D eigenvalue weighted by Crippen LogP contribution is 2.33. The van der Waals surface area contributed by atoms with Crippen LogP contribution in [0.3, 0.4) is 0 Å². The Morgan fingerprint density at radius 1 is 1.26 bits per heavy atom. The van der Waals surface area contributed by atoms with Gasteiger partial charge in [-0.15, -0.1) is 0 Å². The third-order valence-electron chi connectivity index (χ3n) is 2.73. The van der Waals surface area contributed by atoms with E-state index >= 15 is 0 Å². The summed E-state index contributed by atoms with van der Waals surface area (Å²) in [6.45, 7) is 0. The first-order valence-corrected chi connectivity index (χ1v) is 7.44. The van der Waals surface area contributed by atoms with Gasteiger partial charge in [-0.25, -0.2) is 4.98 Å². The summed E-state index contributed by atoms with van der Waals surface area (Å²) in [4.78, 5) is 4.51. The van der Waals surface area contributed by atoms with Crippen molar-refractivity contribution in [2.24, 2.45) is 0 Å². The fourth-order valence-electron chi connectivity index (χ4n) is 1.83. The predicted molar refractivity (Wildman–Crippen MR) is 86.4 cm³/mol. The number of rotatable bonds is 2. The molecule has 0 bridgehead atoms. The Balaban J connectivity index is 2.19. The minimum atomic E-state index is 0.613. The van der Waals surface area contributed by atoms with Gasteiger partial charge in [0.2, 0.25) is 5.89 Å². The Kier molecular flexibility index (Phi) is 3.49. The molecule has 0 spiro atoms. The first kappa shape index (κ1) is 12.9. The smallest absolute Gasteiger partial charge is 0.227 e. The summed E-state index contributed by atoms with van der Waals surface area (Å²) in [5, 5.41) is 0. The van der Waals surface area contributed by atoms with Crippen LogP contribution in [0.4, 0.5) is 0 Å². The van der Waals surface area contributed by atoms with Crippen molar-refractivity contribution in [2.45, 2.75) is 0 Å². The molecule has 0 radical (unpaired) electrons. The number of nitrogens with zero attached hydrogens (tertiary/aromatic N) is 1. The van der Waals surface area contributed by atoms with E-state index in [0.717, 1.165) is 30.5 Å². The molecule has 0 saturated heterocycles. The number of fused-ring (bicyclic) bond motifs is 1. The third kappa shape index (κ3) is 2.49. The summed E-state index contributed by atoms with van der Waals surface area (Å²) in [5.74, 6) is 1.37. The van der Waals surface area contributed by atoms with E-state index in [1.165, 1.54) is 0 Å². The van der Waals surface area contributed by atoms with Crippen molar-refractivity contribution in [3.63, 3.8) is 0 Å².